The lowest BCUT2D eigenvalue weighted by molar-refractivity contribution is 1.16. The van der Waals surface area contributed by atoms with Gasteiger partial charge in [0.1, 0.15) is 0 Å². The maximum atomic E-state index is 5.33. The van der Waals surface area contributed by atoms with Gasteiger partial charge in [-0.05, 0) is 82.9 Å². The minimum Gasteiger partial charge on any atom is -0.309 e. The number of fused-ring (bicyclic) bond motifs is 6. The van der Waals surface area contributed by atoms with Gasteiger partial charge in [-0.25, -0.2) is 9.97 Å². The summed E-state index contributed by atoms with van der Waals surface area (Å²) in [7, 11) is 0. The molecule has 0 bridgehead atoms. The zero-order valence-electron chi connectivity index (χ0n) is 33.7. The van der Waals surface area contributed by atoms with Gasteiger partial charge in [0.15, 0.2) is 5.82 Å². The average Bonchev–Trinajstić information content (AvgIpc) is 3.87. The summed E-state index contributed by atoms with van der Waals surface area (Å²) < 4.78 is 4.72. The third-order valence-electron chi connectivity index (χ3n) is 12.1. The largest absolute Gasteiger partial charge is 0.309 e. The highest BCUT2D eigenvalue weighted by Crippen LogP contribution is 2.37. The Labute approximate surface area is 359 Å². The van der Waals surface area contributed by atoms with Crippen molar-refractivity contribution in [3.8, 4) is 67.5 Å². The second-order valence-corrected chi connectivity index (χ2v) is 15.8. The van der Waals surface area contributed by atoms with E-state index in [1.54, 1.807) is 0 Å². The maximum absolute atomic E-state index is 5.33. The lowest BCUT2D eigenvalue weighted by atomic mass is 9.98. The van der Waals surface area contributed by atoms with Crippen molar-refractivity contribution in [2.24, 2.45) is 0 Å². The fourth-order valence-electron chi connectivity index (χ4n) is 9.20. The van der Waals surface area contributed by atoms with Crippen molar-refractivity contribution in [2.45, 2.75) is 0 Å². The van der Waals surface area contributed by atoms with Crippen LogP contribution in [0.3, 0.4) is 0 Å². The fraction of sp³-hybridized carbons (Fsp3) is 0. The molecular formula is C58H38N4. The molecule has 3 heterocycles. The lowest BCUT2D eigenvalue weighted by Gasteiger charge is -2.14. The molecule has 9 aromatic carbocycles. The Hall–Kier alpha value is -8.34. The van der Waals surface area contributed by atoms with Gasteiger partial charge in [0.05, 0.1) is 33.5 Å². The molecule has 0 fully saturated rings. The van der Waals surface area contributed by atoms with Crippen molar-refractivity contribution >= 4 is 43.6 Å². The second-order valence-electron chi connectivity index (χ2n) is 15.8. The summed E-state index contributed by atoms with van der Waals surface area (Å²) in [5.74, 6) is 0.673. The standard InChI is InChI=1S/C58H38N4/c1-2-15-39(16-3-1)42-17-12-18-43(35-42)40-31-33-41(34-32-40)58-59-52(44-19-13-21-46(36-44)61-54-27-8-4-23-48(54)49-24-5-9-28-55(49)61)38-53(60-58)45-20-14-22-47(37-45)62-56-29-10-6-25-50(56)51-26-7-11-30-57(51)62/h1-38H. The Balaban J connectivity index is 1.00. The molecule has 3 aromatic heterocycles. The van der Waals surface area contributed by atoms with E-state index in [0.29, 0.717) is 5.82 Å². The molecule has 12 rings (SSSR count). The SMILES string of the molecule is c1ccc(-c2cccc(-c3ccc(-c4nc(-c5cccc(-n6c7ccccc7c7ccccc76)c5)cc(-c5cccc(-n6c7ccccc7c7ccccc76)c5)n4)cc3)c2)cc1. The summed E-state index contributed by atoms with van der Waals surface area (Å²) in [5.41, 5.74) is 16.2. The van der Waals surface area contributed by atoms with Crippen LogP contribution in [0.25, 0.3) is 111 Å². The first-order valence-electron chi connectivity index (χ1n) is 21.1. The van der Waals surface area contributed by atoms with Gasteiger partial charge in [-0.2, -0.15) is 0 Å². The zero-order chi connectivity index (χ0) is 41.0. The van der Waals surface area contributed by atoms with Gasteiger partial charge in [-0.15, -0.1) is 0 Å². The third kappa shape index (κ3) is 6.08. The molecule has 0 saturated heterocycles. The van der Waals surface area contributed by atoms with Crippen molar-refractivity contribution in [1.29, 1.82) is 0 Å². The maximum Gasteiger partial charge on any atom is 0.160 e. The molecule has 0 saturated carbocycles. The lowest BCUT2D eigenvalue weighted by Crippen LogP contribution is -1.99. The molecule has 0 amide bonds. The van der Waals surface area contributed by atoms with Gasteiger partial charge in [0, 0.05) is 49.6 Å². The van der Waals surface area contributed by atoms with Crippen LogP contribution in [0.4, 0.5) is 0 Å². The molecule has 0 radical (unpaired) electrons. The van der Waals surface area contributed by atoms with Crippen LogP contribution < -0.4 is 0 Å². The Morgan fingerprint density at radius 3 is 1.06 bits per heavy atom. The van der Waals surface area contributed by atoms with Crippen LogP contribution in [0.2, 0.25) is 0 Å². The number of nitrogens with zero attached hydrogens (tertiary/aromatic N) is 4. The van der Waals surface area contributed by atoms with E-state index in [9.17, 15) is 0 Å². The van der Waals surface area contributed by atoms with Crippen molar-refractivity contribution < 1.29 is 0 Å². The van der Waals surface area contributed by atoms with E-state index in [0.717, 1.165) is 50.6 Å². The first-order chi connectivity index (χ1) is 30.7. The molecule has 4 heteroatoms. The highest BCUT2D eigenvalue weighted by molar-refractivity contribution is 6.10. The number of para-hydroxylation sites is 4. The van der Waals surface area contributed by atoms with E-state index in [1.807, 2.05) is 0 Å². The average molecular weight is 791 g/mol. The minimum absolute atomic E-state index is 0.673. The molecule has 0 aliphatic rings. The number of benzene rings is 9. The highest BCUT2D eigenvalue weighted by Gasteiger charge is 2.17. The minimum atomic E-state index is 0.673. The van der Waals surface area contributed by atoms with Gasteiger partial charge >= 0.3 is 0 Å². The van der Waals surface area contributed by atoms with Gasteiger partial charge in [0.2, 0.25) is 0 Å². The molecule has 0 N–H and O–H groups in total. The van der Waals surface area contributed by atoms with Crippen LogP contribution >= 0.6 is 0 Å². The fourth-order valence-corrected chi connectivity index (χ4v) is 9.20. The second kappa shape index (κ2) is 14.7. The van der Waals surface area contributed by atoms with Gasteiger partial charge in [-0.1, -0.05) is 170 Å². The first-order valence-corrected chi connectivity index (χ1v) is 21.1. The first kappa shape index (κ1) is 35.6. The zero-order valence-corrected chi connectivity index (χ0v) is 33.7. The summed E-state index contributed by atoms with van der Waals surface area (Å²) in [4.78, 5) is 10.7. The summed E-state index contributed by atoms with van der Waals surface area (Å²) in [6.07, 6.45) is 0. The molecule has 0 spiro atoms. The van der Waals surface area contributed by atoms with Gasteiger partial charge in [0.25, 0.3) is 0 Å². The Kier molecular flexibility index (Phi) is 8.46. The number of aromatic nitrogens is 4. The molecule has 4 nitrogen and oxygen atoms in total. The van der Waals surface area contributed by atoms with E-state index >= 15 is 0 Å². The molecule has 290 valence electrons. The van der Waals surface area contributed by atoms with Crippen molar-refractivity contribution in [3.63, 3.8) is 0 Å². The molecule has 62 heavy (non-hydrogen) atoms. The summed E-state index contributed by atoms with van der Waals surface area (Å²) in [6.45, 7) is 0. The Bertz CT molecular complexity index is 3350. The molecular weight excluding hydrogens is 753 g/mol. The van der Waals surface area contributed by atoms with Crippen LogP contribution in [0.15, 0.2) is 231 Å². The topological polar surface area (TPSA) is 35.6 Å². The van der Waals surface area contributed by atoms with Crippen LogP contribution in [0, 0.1) is 0 Å². The molecule has 0 unspecified atom stereocenters. The van der Waals surface area contributed by atoms with E-state index in [-0.39, 0.29) is 0 Å². The van der Waals surface area contributed by atoms with Gasteiger partial charge < -0.3 is 9.13 Å². The quantitative estimate of drug-likeness (QED) is 0.161. The van der Waals surface area contributed by atoms with E-state index in [1.165, 1.54) is 54.7 Å². The number of hydrogen-bond acceptors (Lipinski definition) is 2. The predicted octanol–water partition coefficient (Wildman–Crippen LogP) is 15.0. The number of rotatable bonds is 7. The summed E-state index contributed by atoms with van der Waals surface area (Å²) >= 11 is 0. The van der Waals surface area contributed by atoms with Crippen LogP contribution in [-0.4, -0.2) is 19.1 Å². The van der Waals surface area contributed by atoms with E-state index < -0.39 is 0 Å². The van der Waals surface area contributed by atoms with Crippen LogP contribution in [-0.2, 0) is 0 Å². The number of hydrogen-bond donors (Lipinski definition) is 0. The van der Waals surface area contributed by atoms with Crippen LogP contribution in [0.5, 0.6) is 0 Å². The molecule has 12 aromatic rings. The van der Waals surface area contributed by atoms with E-state index in [2.05, 4.69) is 240 Å². The van der Waals surface area contributed by atoms with E-state index in [4.69, 9.17) is 9.97 Å². The molecule has 0 aliphatic heterocycles. The van der Waals surface area contributed by atoms with Gasteiger partial charge in [-0.3, -0.25) is 0 Å². The third-order valence-corrected chi connectivity index (χ3v) is 12.1. The highest BCUT2D eigenvalue weighted by atomic mass is 15.0. The van der Waals surface area contributed by atoms with Crippen molar-refractivity contribution in [2.75, 3.05) is 0 Å². The summed E-state index contributed by atoms with van der Waals surface area (Å²) in [6, 6.07) is 82.1. The Morgan fingerprint density at radius 2 is 0.597 bits per heavy atom. The smallest absolute Gasteiger partial charge is 0.160 e. The Morgan fingerprint density at radius 1 is 0.242 bits per heavy atom. The molecule has 0 aliphatic carbocycles. The predicted molar refractivity (Wildman–Crippen MR) is 258 cm³/mol. The van der Waals surface area contributed by atoms with Crippen molar-refractivity contribution in [1.82, 2.24) is 19.1 Å². The summed E-state index contributed by atoms with van der Waals surface area (Å²) in [5, 5.41) is 4.94. The van der Waals surface area contributed by atoms with Crippen molar-refractivity contribution in [3.05, 3.63) is 231 Å². The molecule has 0 atom stereocenters. The van der Waals surface area contributed by atoms with Crippen LogP contribution in [0.1, 0.15) is 0 Å². The monoisotopic (exact) mass is 790 g/mol. The normalized spacial score (nSPS) is 11.5.